The van der Waals surface area contributed by atoms with E-state index in [4.69, 9.17) is 21.4 Å². The molecule has 108 valence electrons. The summed E-state index contributed by atoms with van der Waals surface area (Å²) in [6.07, 6.45) is 2.52. The van der Waals surface area contributed by atoms with Crippen molar-refractivity contribution in [3.63, 3.8) is 0 Å². The molecule has 0 aliphatic heterocycles. The van der Waals surface area contributed by atoms with Crippen LogP contribution in [-0.4, -0.2) is 11.1 Å². The number of hydrogen-bond donors (Lipinski definition) is 1. The SMILES string of the molecule is O=C(O)/C=C/c1cc(Br)ccc1Oc1cc(Br)ccc1Cl. The van der Waals surface area contributed by atoms with Crippen molar-refractivity contribution < 1.29 is 14.6 Å². The van der Waals surface area contributed by atoms with Gasteiger partial charge in [-0.15, -0.1) is 0 Å². The smallest absolute Gasteiger partial charge is 0.328 e. The Hall–Kier alpha value is -1.30. The summed E-state index contributed by atoms with van der Waals surface area (Å²) >= 11 is 12.8. The predicted octanol–water partition coefficient (Wildman–Crippen LogP) is 5.76. The van der Waals surface area contributed by atoms with E-state index in [9.17, 15) is 4.79 Å². The van der Waals surface area contributed by atoms with Crippen LogP contribution in [0.2, 0.25) is 5.02 Å². The Morgan fingerprint density at radius 3 is 2.48 bits per heavy atom. The van der Waals surface area contributed by atoms with Crippen LogP contribution in [0.5, 0.6) is 11.5 Å². The third-order valence-electron chi connectivity index (χ3n) is 2.49. The van der Waals surface area contributed by atoms with Crippen molar-refractivity contribution >= 4 is 55.5 Å². The summed E-state index contributed by atoms with van der Waals surface area (Å²) < 4.78 is 7.44. The first kappa shape index (κ1) is 16.1. The van der Waals surface area contributed by atoms with E-state index in [-0.39, 0.29) is 0 Å². The van der Waals surface area contributed by atoms with Crippen LogP contribution in [0, 0.1) is 0 Å². The minimum absolute atomic E-state index is 0.467. The molecule has 0 fully saturated rings. The fourth-order valence-electron chi connectivity index (χ4n) is 1.58. The van der Waals surface area contributed by atoms with E-state index in [1.807, 2.05) is 6.07 Å². The van der Waals surface area contributed by atoms with Crippen LogP contribution >= 0.6 is 43.5 Å². The third kappa shape index (κ3) is 4.59. The molecule has 0 aromatic heterocycles. The van der Waals surface area contributed by atoms with Gasteiger partial charge < -0.3 is 9.84 Å². The second kappa shape index (κ2) is 7.11. The molecule has 0 saturated heterocycles. The van der Waals surface area contributed by atoms with Crippen molar-refractivity contribution in [3.8, 4) is 11.5 Å². The first-order valence-corrected chi connectivity index (χ1v) is 7.75. The fourth-order valence-corrected chi connectivity index (χ4v) is 2.45. The van der Waals surface area contributed by atoms with Gasteiger partial charge in [-0.1, -0.05) is 43.5 Å². The van der Waals surface area contributed by atoms with Crippen LogP contribution in [0.15, 0.2) is 51.4 Å². The second-order valence-electron chi connectivity index (χ2n) is 4.03. The molecule has 2 rings (SSSR count). The summed E-state index contributed by atoms with van der Waals surface area (Å²) in [5.74, 6) is -0.0320. The zero-order valence-electron chi connectivity index (χ0n) is 10.5. The number of carbonyl (C=O) groups is 1. The largest absolute Gasteiger partial charge is 0.478 e. The van der Waals surface area contributed by atoms with Crippen LogP contribution in [0.1, 0.15) is 5.56 Å². The quantitative estimate of drug-likeness (QED) is 0.626. The van der Waals surface area contributed by atoms with E-state index in [0.717, 1.165) is 15.0 Å². The lowest BCUT2D eigenvalue weighted by atomic mass is 10.2. The summed E-state index contributed by atoms with van der Waals surface area (Å²) in [5.41, 5.74) is 0.628. The molecule has 0 aliphatic carbocycles. The van der Waals surface area contributed by atoms with E-state index < -0.39 is 5.97 Å². The maximum absolute atomic E-state index is 10.7. The summed E-state index contributed by atoms with van der Waals surface area (Å²) in [6.45, 7) is 0. The Morgan fingerprint density at radius 1 is 1.10 bits per heavy atom. The Balaban J connectivity index is 2.39. The normalized spacial score (nSPS) is 10.8. The molecule has 0 heterocycles. The molecular formula is C15H9Br2ClO3. The van der Waals surface area contributed by atoms with Gasteiger partial charge in [0.05, 0.1) is 5.02 Å². The van der Waals surface area contributed by atoms with E-state index in [0.29, 0.717) is 22.1 Å². The molecule has 0 amide bonds. The van der Waals surface area contributed by atoms with Crippen LogP contribution in [0.4, 0.5) is 0 Å². The number of carboxylic acids is 1. The lowest BCUT2D eigenvalue weighted by Gasteiger charge is -2.11. The Kier molecular flexibility index (Phi) is 5.45. The molecule has 0 spiro atoms. The van der Waals surface area contributed by atoms with Crippen molar-refractivity contribution in [2.75, 3.05) is 0 Å². The van der Waals surface area contributed by atoms with Crippen LogP contribution in [0.25, 0.3) is 6.08 Å². The molecule has 2 aromatic carbocycles. The highest BCUT2D eigenvalue weighted by Gasteiger charge is 2.08. The molecule has 1 N–H and O–H groups in total. The number of carboxylic acid groups (broad SMARTS) is 1. The minimum Gasteiger partial charge on any atom is -0.478 e. The van der Waals surface area contributed by atoms with Gasteiger partial charge in [-0.3, -0.25) is 0 Å². The molecule has 0 radical (unpaired) electrons. The Bertz CT molecular complexity index is 714. The van der Waals surface area contributed by atoms with Crippen LogP contribution in [0.3, 0.4) is 0 Å². The van der Waals surface area contributed by atoms with Gasteiger partial charge >= 0.3 is 5.97 Å². The zero-order chi connectivity index (χ0) is 15.4. The Labute approximate surface area is 143 Å². The zero-order valence-corrected chi connectivity index (χ0v) is 14.4. The van der Waals surface area contributed by atoms with Crippen molar-refractivity contribution in [3.05, 3.63) is 62.0 Å². The number of aliphatic carboxylic acids is 1. The third-order valence-corrected chi connectivity index (χ3v) is 3.79. The Morgan fingerprint density at radius 2 is 1.76 bits per heavy atom. The van der Waals surface area contributed by atoms with Gasteiger partial charge in [-0.2, -0.15) is 0 Å². The molecule has 2 aromatic rings. The van der Waals surface area contributed by atoms with E-state index in [2.05, 4.69) is 31.9 Å². The molecule has 21 heavy (non-hydrogen) atoms. The van der Waals surface area contributed by atoms with Gasteiger partial charge in [0.1, 0.15) is 11.5 Å². The summed E-state index contributed by atoms with van der Waals surface area (Å²) in [7, 11) is 0. The summed E-state index contributed by atoms with van der Waals surface area (Å²) in [6, 6.07) is 10.6. The highest BCUT2D eigenvalue weighted by atomic mass is 79.9. The highest BCUT2D eigenvalue weighted by molar-refractivity contribution is 9.10. The van der Waals surface area contributed by atoms with Gasteiger partial charge in [-0.05, 0) is 42.5 Å². The lowest BCUT2D eigenvalue weighted by Crippen LogP contribution is -1.90. The lowest BCUT2D eigenvalue weighted by molar-refractivity contribution is -0.131. The number of ether oxygens (including phenoxy) is 1. The number of halogens is 3. The monoisotopic (exact) mass is 430 g/mol. The van der Waals surface area contributed by atoms with Gasteiger partial charge in [-0.25, -0.2) is 4.79 Å². The van der Waals surface area contributed by atoms with Crippen LogP contribution < -0.4 is 4.74 Å². The molecule has 6 heteroatoms. The molecule has 0 aliphatic rings. The molecular weight excluding hydrogens is 423 g/mol. The van der Waals surface area contributed by atoms with Gasteiger partial charge in [0.2, 0.25) is 0 Å². The predicted molar refractivity (Wildman–Crippen MR) is 90.0 cm³/mol. The molecule has 0 saturated carbocycles. The molecule has 0 unspecified atom stereocenters. The molecule has 0 atom stereocenters. The van der Waals surface area contributed by atoms with Crippen molar-refractivity contribution in [2.24, 2.45) is 0 Å². The summed E-state index contributed by atoms with van der Waals surface area (Å²) in [5, 5.41) is 9.21. The average Bonchev–Trinajstić information content (AvgIpc) is 2.43. The topological polar surface area (TPSA) is 46.5 Å². The number of hydrogen-bond acceptors (Lipinski definition) is 2. The van der Waals surface area contributed by atoms with Crippen LogP contribution in [-0.2, 0) is 4.79 Å². The highest BCUT2D eigenvalue weighted by Crippen LogP contribution is 2.34. The first-order chi connectivity index (χ1) is 9.95. The van der Waals surface area contributed by atoms with Crippen molar-refractivity contribution in [1.82, 2.24) is 0 Å². The first-order valence-electron chi connectivity index (χ1n) is 5.79. The minimum atomic E-state index is -1.03. The number of benzene rings is 2. The van der Waals surface area contributed by atoms with Gasteiger partial charge in [0.25, 0.3) is 0 Å². The van der Waals surface area contributed by atoms with E-state index in [1.165, 1.54) is 6.08 Å². The second-order valence-corrected chi connectivity index (χ2v) is 6.27. The molecule has 3 nitrogen and oxygen atoms in total. The molecule has 0 bridgehead atoms. The number of rotatable bonds is 4. The maximum atomic E-state index is 10.7. The standard InChI is InChI=1S/C15H9Br2ClO3/c16-10-3-5-13(9(7-10)1-6-15(19)20)21-14-8-11(17)2-4-12(14)18/h1-8H,(H,19,20)/b6-1+. The summed E-state index contributed by atoms with van der Waals surface area (Å²) in [4.78, 5) is 10.7. The maximum Gasteiger partial charge on any atom is 0.328 e. The van der Waals surface area contributed by atoms with Crippen molar-refractivity contribution in [1.29, 1.82) is 0 Å². The fraction of sp³-hybridized carbons (Fsp3) is 0. The van der Waals surface area contributed by atoms with Gasteiger partial charge in [0, 0.05) is 20.6 Å². The average molecular weight is 432 g/mol. The van der Waals surface area contributed by atoms with E-state index in [1.54, 1.807) is 30.3 Å². The van der Waals surface area contributed by atoms with Gasteiger partial charge in [0.15, 0.2) is 0 Å². The van der Waals surface area contributed by atoms with E-state index >= 15 is 0 Å². The van der Waals surface area contributed by atoms with Crippen molar-refractivity contribution in [2.45, 2.75) is 0 Å².